The monoisotopic (exact) mass is 580 g/mol. The highest BCUT2D eigenvalue weighted by molar-refractivity contribution is 9.11. The SMILES string of the molecule is Oc1c(Br)cc(Br)cc1C=NCCN=Cc1cc(Br)cc(Br)c1O. The van der Waals surface area contributed by atoms with Crippen LogP contribution in [0.4, 0.5) is 0 Å². The van der Waals surface area contributed by atoms with Crippen molar-refractivity contribution in [3.63, 3.8) is 0 Å². The smallest absolute Gasteiger partial charge is 0.138 e. The molecule has 0 unspecified atom stereocenters. The van der Waals surface area contributed by atoms with Gasteiger partial charge in [0.2, 0.25) is 0 Å². The molecule has 0 saturated heterocycles. The van der Waals surface area contributed by atoms with Crippen LogP contribution in [0.3, 0.4) is 0 Å². The summed E-state index contributed by atoms with van der Waals surface area (Å²) in [6, 6.07) is 7.09. The van der Waals surface area contributed by atoms with E-state index in [9.17, 15) is 10.2 Å². The zero-order valence-corrected chi connectivity index (χ0v) is 18.5. The third-order valence-electron chi connectivity index (χ3n) is 2.93. The summed E-state index contributed by atoms with van der Waals surface area (Å²) in [7, 11) is 0. The summed E-state index contributed by atoms with van der Waals surface area (Å²) in [4.78, 5) is 8.50. The number of hydrogen-bond acceptors (Lipinski definition) is 4. The number of phenols is 2. The van der Waals surface area contributed by atoms with Crippen molar-refractivity contribution in [3.8, 4) is 11.5 Å². The second-order valence-corrected chi connectivity index (χ2v) is 8.26. The van der Waals surface area contributed by atoms with Crippen LogP contribution in [0, 0.1) is 0 Å². The minimum absolute atomic E-state index is 0.148. The van der Waals surface area contributed by atoms with Crippen molar-refractivity contribution < 1.29 is 10.2 Å². The number of aliphatic imine (C=N–C) groups is 2. The topological polar surface area (TPSA) is 65.2 Å². The molecule has 8 heteroatoms. The van der Waals surface area contributed by atoms with Gasteiger partial charge in [-0.05, 0) is 56.1 Å². The predicted octanol–water partition coefficient (Wildman–Crippen LogP) is 5.69. The molecule has 0 aliphatic heterocycles. The highest BCUT2D eigenvalue weighted by Gasteiger charge is 2.06. The van der Waals surface area contributed by atoms with E-state index >= 15 is 0 Å². The number of phenolic OH excluding ortho intramolecular Hbond substituents is 2. The molecule has 0 fully saturated rings. The Hall–Kier alpha value is -0.700. The molecule has 0 amide bonds. The van der Waals surface area contributed by atoms with Gasteiger partial charge in [0.15, 0.2) is 0 Å². The van der Waals surface area contributed by atoms with Gasteiger partial charge in [-0.3, -0.25) is 9.98 Å². The fourth-order valence-corrected chi connectivity index (χ4v) is 4.33. The standard InChI is InChI=1S/C16H12Br4N2O2/c17-11-3-9(15(23)13(19)5-11)7-21-1-2-22-8-10-4-12(18)6-14(20)16(10)24/h3-8,23-24H,1-2H2. The number of aromatic hydroxyl groups is 2. The van der Waals surface area contributed by atoms with E-state index in [1.807, 2.05) is 0 Å². The van der Waals surface area contributed by atoms with Crippen LogP contribution in [-0.2, 0) is 0 Å². The van der Waals surface area contributed by atoms with Gasteiger partial charge in [0.25, 0.3) is 0 Å². The summed E-state index contributed by atoms with van der Waals surface area (Å²) < 4.78 is 2.91. The lowest BCUT2D eigenvalue weighted by atomic mass is 10.2. The first-order valence-electron chi connectivity index (χ1n) is 6.74. The molecule has 0 radical (unpaired) electrons. The minimum Gasteiger partial charge on any atom is -0.506 e. The molecule has 126 valence electrons. The Bertz CT molecular complexity index is 740. The largest absolute Gasteiger partial charge is 0.506 e. The van der Waals surface area contributed by atoms with Crippen LogP contribution in [0.2, 0.25) is 0 Å². The van der Waals surface area contributed by atoms with Gasteiger partial charge >= 0.3 is 0 Å². The minimum atomic E-state index is 0.148. The van der Waals surface area contributed by atoms with Gasteiger partial charge in [-0.25, -0.2) is 0 Å². The quantitative estimate of drug-likeness (QED) is 0.351. The molecule has 2 N–H and O–H groups in total. The summed E-state index contributed by atoms with van der Waals surface area (Å²) in [5.41, 5.74) is 1.24. The molecular formula is C16H12Br4N2O2. The zero-order valence-electron chi connectivity index (χ0n) is 12.2. The molecule has 0 heterocycles. The molecule has 24 heavy (non-hydrogen) atoms. The van der Waals surface area contributed by atoms with Crippen molar-refractivity contribution in [1.29, 1.82) is 0 Å². The van der Waals surface area contributed by atoms with Crippen molar-refractivity contribution >= 4 is 76.1 Å². The highest BCUT2D eigenvalue weighted by Crippen LogP contribution is 2.31. The van der Waals surface area contributed by atoms with E-state index in [0.29, 0.717) is 33.2 Å². The molecule has 0 aliphatic rings. The summed E-state index contributed by atoms with van der Waals surface area (Å²) in [6.45, 7) is 0.937. The first-order valence-corrected chi connectivity index (χ1v) is 9.91. The Morgan fingerprint density at radius 1 is 0.708 bits per heavy atom. The van der Waals surface area contributed by atoms with E-state index in [1.165, 1.54) is 0 Å². The number of hydrogen-bond donors (Lipinski definition) is 2. The second-order valence-electron chi connectivity index (χ2n) is 4.72. The maximum atomic E-state index is 9.93. The Kier molecular flexibility index (Phi) is 7.46. The lowest BCUT2D eigenvalue weighted by Gasteiger charge is -2.03. The Morgan fingerprint density at radius 3 is 1.46 bits per heavy atom. The Balaban J connectivity index is 1.96. The summed E-state index contributed by atoms with van der Waals surface area (Å²) >= 11 is 13.3. The lowest BCUT2D eigenvalue weighted by molar-refractivity contribution is 0.470. The molecule has 2 aromatic rings. The Morgan fingerprint density at radius 2 is 1.08 bits per heavy atom. The maximum Gasteiger partial charge on any atom is 0.138 e. The molecule has 0 aromatic heterocycles. The maximum absolute atomic E-state index is 9.93. The highest BCUT2D eigenvalue weighted by atomic mass is 79.9. The van der Waals surface area contributed by atoms with Crippen molar-refractivity contribution in [3.05, 3.63) is 53.3 Å². The molecular weight excluding hydrogens is 572 g/mol. The number of rotatable bonds is 5. The molecule has 2 rings (SSSR count). The summed E-state index contributed by atoms with van der Waals surface area (Å²) in [5.74, 6) is 0.295. The average Bonchev–Trinajstić information content (AvgIpc) is 2.51. The fourth-order valence-electron chi connectivity index (χ4n) is 1.81. The average molecular weight is 584 g/mol. The summed E-state index contributed by atoms with van der Waals surface area (Å²) in [6.07, 6.45) is 3.21. The van der Waals surface area contributed by atoms with E-state index in [2.05, 4.69) is 73.7 Å². The Labute approximate surface area is 173 Å². The normalized spacial score (nSPS) is 11.7. The number of nitrogens with zero attached hydrogens (tertiary/aromatic N) is 2. The van der Waals surface area contributed by atoms with Crippen molar-refractivity contribution in [2.75, 3.05) is 13.1 Å². The number of halogens is 4. The van der Waals surface area contributed by atoms with Crippen LogP contribution in [-0.4, -0.2) is 35.7 Å². The number of benzene rings is 2. The van der Waals surface area contributed by atoms with Gasteiger partial charge < -0.3 is 10.2 Å². The van der Waals surface area contributed by atoms with Crippen LogP contribution in [0.25, 0.3) is 0 Å². The van der Waals surface area contributed by atoms with Gasteiger partial charge in [0.05, 0.1) is 22.0 Å². The van der Waals surface area contributed by atoms with Gasteiger partial charge in [-0.15, -0.1) is 0 Å². The van der Waals surface area contributed by atoms with Gasteiger partial charge in [0.1, 0.15) is 11.5 Å². The van der Waals surface area contributed by atoms with Crippen LogP contribution in [0.5, 0.6) is 11.5 Å². The second kappa shape index (κ2) is 9.12. The molecule has 0 atom stereocenters. The van der Waals surface area contributed by atoms with Crippen molar-refractivity contribution in [2.45, 2.75) is 0 Å². The van der Waals surface area contributed by atoms with Crippen LogP contribution < -0.4 is 0 Å². The van der Waals surface area contributed by atoms with E-state index in [-0.39, 0.29) is 11.5 Å². The third-order valence-corrected chi connectivity index (χ3v) is 5.06. The molecule has 2 aromatic carbocycles. The van der Waals surface area contributed by atoms with Gasteiger partial charge in [-0.1, -0.05) is 31.9 Å². The molecule has 0 spiro atoms. The van der Waals surface area contributed by atoms with E-state index in [0.717, 1.165) is 8.95 Å². The fraction of sp³-hybridized carbons (Fsp3) is 0.125. The van der Waals surface area contributed by atoms with E-state index in [1.54, 1.807) is 36.7 Å². The first-order chi connectivity index (χ1) is 11.4. The van der Waals surface area contributed by atoms with E-state index < -0.39 is 0 Å². The van der Waals surface area contributed by atoms with Gasteiger partial charge in [-0.2, -0.15) is 0 Å². The van der Waals surface area contributed by atoms with Crippen molar-refractivity contribution in [2.24, 2.45) is 9.98 Å². The van der Waals surface area contributed by atoms with Crippen LogP contribution in [0.1, 0.15) is 11.1 Å². The lowest BCUT2D eigenvalue weighted by Crippen LogP contribution is -1.92. The van der Waals surface area contributed by atoms with Gasteiger partial charge in [0, 0.05) is 32.5 Å². The molecule has 4 nitrogen and oxygen atoms in total. The molecule has 0 bridgehead atoms. The zero-order chi connectivity index (χ0) is 17.7. The van der Waals surface area contributed by atoms with Crippen LogP contribution >= 0.6 is 63.7 Å². The predicted molar refractivity (Wildman–Crippen MR) is 112 cm³/mol. The molecule has 0 saturated carbocycles. The van der Waals surface area contributed by atoms with Crippen molar-refractivity contribution in [1.82, 2.24) is 0 Å². The first kappa shape index (κ1) is 19.6. The summed E-state index contributed by atoms with van der Waals surface area (Å²) in [5, 5.41) is 19.9. The third kappa shape index (κ3) is 5.40. The molecule has 0 aliphatic carbocycles. The van der Waals surface area contributed by atoms with E-state index in [4.69, 9.17) is 0 Å². The van der Waals surface area contributed by atoms with Crippen LogP contribution in [0.15, 0.2) is 52.1 Å².